The van der Waals surface area contributed by atoms with E-state index in [9.17, 15) is 9.90 Å². The molecule has 1 heterocycles. The second-order valence-corrected chi connectivity index (χ2v) is 5.15. The largest absolute Gasteiger partial charge is 0.388 e. The van der Waals surface area contributed by atoms with Crippen molar-refractivity contribution in [3.05, 3.63) is 11.5 Å². The molecule has 0 bridgehead atoms. The predicted octanol–water partition coefficient (Wildman–Crippen LogP) is 1.97. The van der Waals surface area contributed by atoms with Crippen molar-refractivity contribution in [2.24, 2.45) is 0 Å². The molecule has 19 heavy (non-hydrogen) atoms. The number of aryl methyl sites for hydroxylation is 2. The van der Waals surface area contributed by atoms with Crippen LogP contribution in [0.25, 0.3) is 0 Å². The van der Waals surface area contributed by atoms with Gasteiger partial charge in [0.1, 0.15) is 11.4 Å². The minimum atomic E-state index is -0.741. The Kier molecular flexibility index (Phi) is 4.09. The SMILES string of the molecule is CCc1noc(C)c1NC(=O)NCC1(O)CCCC1. The Bertz CT molecular complexity index is 450. The van der Waals surface area contributed by atoms with Crippen molar-refractivity contribution in [3.8, 4) is 0 Å². The van der Waals surface area contributed by atoms with E-state index in [0.29, 0.717) is 17.9 Å². The number of carbonyl (C=O) groups is 1. The van der Waals surface area contributed by atoms with Gasteiger partial charge in [-0.2, -0.15) is 0 Å². The molecule has 0 aliphatic heterocycles. The van der Waals surface area contributed by atoms with E-state index in [1.54, 1.807) is 6.92 Å². The van der Waals surface area contributed by atoms with Crippen LogP contribution in [0.4, 0.5) is 10.5 Å². The fourth-order valence-electron chi connectivity index (χ4n) is 2.43. The molecule has 0 unspecified atom stereocenters. The monoisotopic (exact) mass is 267 g/mol. The first-order valence-electron chi connectivity index (χ1n) is 6.76. The quantitative estimate of drug-likeness (QED) is 0.778. The van der Waals surface area contributed by atoms with Crippen molar-refractivity contribution in [1.29, 1.82) is 0 Å². The number of hydrogen-bond acceptors (Lipinski definition) is 4. The molecule has 1 aliphatic carbocycles. The summed E-state index contributed by atoms with van der Waals surface area (Å²) in [6.45, 7) is 3.98. The molecule has 0 spiro atoms. The van der Waals surface area contributed by atoms with Crippen molar-refractivity contribution < 1.29 is 14.4 Å². The van der Waals surface area contributed by atoms with E-state index >= 15 is 0 Å². The minimum absolute atomic E-state index is 0.282. The van der Waals surface area contributed by atoms with Crippen molar-refractivity contribution in [3.63, 3.8) is 0 Å². The van der Waals surface area contributed by atoms with E-state index in [0.717, 1.165) is 31.4 Å². The molecule has 1 aromatic rings. The first-order valence-corrected chi connectivity index (χ1v) is 6.76. The third kappa shape index (κ3) is 3.26. The van der Waals surface area contributed by atoms with Gasteiger partial charge in [-0.3, -0.25) is 0 Å². The molecule has 0 radical (unpaired) electrons. The summed E-state index contributed by atoms with van der Waals surface area (Å²) in [5.74, 6) is 0.589. The number of aromatic nitrogens is 1. The molecule has 1 aliphatic rings. The highest BCUT2D eigenvalue weighted by Gasteiger charge is 2.31. The van der Waals surface area contributed by atoms with Crippen LogP contribution in [0.5, 0.6) is 0 Å². The number of aliphatic hydroxyl groups is 1. The first-order chi connectivity index (χ1) is 9.04. The number of rotatable bonds is 4. The van der Waals surface area contributed by atoms with Gasteiger partial charge in [-0.05, 0) is 26.2 Å². The van der Waals surface area contributed by atoms with Crippen molar-refractivity contribution >= 4 is 11.7 Å². The van der Waals surface area contributed by atoms with Crippen LogP contribution in [0, 0.1) is 6.92 Å². The standard InChI is InChI=1S/C13H21N3O3/c1-3-10-11(9(2)19-16-10)15-12(17)14-8-13(18)6-4-5-7-13/h18H,3-8H2,1-2H3,(H2,14,15,17). The maximum absolute atomic E-state index is 11.8. The Morgan fingerprint density at radius 3 is 2.79 bits per heavy atom. The summed E-state index contributed by atoms with van der Waals surface area (Å²) in [7, 11) is 0. The molecule has 1 fully saturated rings. The highest BCUT2D eigenvalue weighted by atomic mass is 16.5. The van der Waals surface area contributed by atoms with Gasteiger partial charge in [-0.1, -0.05) is 24.9 Å². The molecule has 1 aromatic heterocycles. The molecule has 106 valence electrons. The van der Waals surface area contributed by atoms with Gasteiger partial charge in [0.2, 0.25) is 0 Å². The zero-order valence-electron chi connectivity index (χ0n) is 11.5. The Morgan fingerprint density at radius 1 is 1.47 bits per heavy atom. The van der Waals surface area contributed by atoms with E-state index in [2.05, 4.69) is 15.8 Å². The third-order valence-corrected chi connectivity index (χ3v) is 3.62. The molecule has 1 saturated carbocycles. The number of carbonyl (C=O) groups excluding carboxylic acids is 1. The summed E-state index contributed by atoms with van der Waals surface area (Å²) in [4.78, 5) is 11.8. The molecule has 0 saturated heterocycles. The van der Waals surface area contributed by atoms with Crippen LogP contribution in [-0.2, 0) is 6.42 Å². The molecule has 0 aromatic carbocycles. The Hall–Kier alpha value is -1.56. The average Bonchev–Trinajstić information content (AvgIpc) is 2.96. The molecular formula is C13H21N3O3. The summed E-state index contributed by atoms with van der Waals surface area (Å²) in [6, 6.07) is -0.332. The fraction of sp³-hybridized carbons (Fsp3) is 0.692. The number of urea groups is 1. The van der Waals surface area contributed by atoms with Gasteiger partial charge in [0, 0.05) is 6.54 Å². The van der Waals surface area contributed by atoms with Crippen LogP contribution >= 0.6 is 0 Å². The lowest BCUT2D eigenvalue weighted by Crippen LogP contribution is -2.42. The Balaban J connectivity index is 1.89. The third-order valence-electron chi connectivity index (χ3n) is 3.62. The van der Waals surface area contributed by atoms with E-state index < -0.39 is 5.60 Å². The summed E-state index contributed by atoms with van der Waals surface area (Å²) >= 11 is 0. The van der Waals surface area contributed by atoms with Crippen LogP contribution in [0.15, 0.2) is 4.52 Å². The topological polar surface area (TPSA) is 87.4 Å². The van der Waals surface area contributed by atoms with Gasteiger partial charge >= 0.3 is 6.03 Å². The van der Waals surface area contributed by atoms with Gasteiger partial charge in [0.05, 0.1) is 5.60 Å². The minimum Gasteiger partial charge on any atom is -0.388 e. The highest BCUT2D eigenvalue weighted by Crippen LogP contribution is 2.28. The lowest BCUT2D eigenvalue weighted by Gasteiger charge is -2.22. The summed E-state index contributed by atoms with van der Waals surface area (Å²) in [5.41, 5.74) is 0.611. The number of nitrogens with zero attached hydrogens (tertiary/aromatic N) is 1. The summed E-state index contributed by atoms with van der Waals surface area (Å²) in [6.07, 6.45) is 4.23. The molecule has 6 heteroatoms. The zero-order chi connectivity index (χ0) is 13.9. The van der Waals surface area contributed by atoms with Crippen LogP contribution in [0.3, 0.4) is 0 Å². The fourth-order valence-corrected chi connectivity index (χ4v) is 2.43. The predicted molar refractivity (Wildman–Crippen MR) is 71.1 cm³/mol. The lowest BCUT2D eigenvalue weighted by atomic mass is 10.0. The van der Waals surface area contributed by atoms with Gasteiger partial charge in [0.25, 0.3) is 0 Å². The maximum Gasteiger partial charge on any atom is 0.319 e. The first kappa shape index (κ1) is 13.9. The van der Waals surface area contributed by atoms with Gasteiger partial charge in [-0.15, -0.1) is 0 Å². The second-order valence-electron chi connectivity index (χ2n) is 5.15. The molecule has 3 N–H and O–H groups in total. The van der Waals surface area contributed by atoms with Gasteiger partial charge in [0.15, 0.2) is 5.76 Å². The number of nitrogens with one attached hydrogen (secondary N) is 2. The van der Waals surface area contributed by atoms with Crippen LogP contribution in [0.1, 0.15) is 44.1 Å². The molecule has 2 amide bonds. The van der Waals surface area contributed by atoms with Crippen LogP contribution < -0.4 is 10.6 Å². The smallest absolute Gasteiger partial charge is 0.319 e. The van der Waals surface area contributed by atoms with Crippen LogP contribution in [0.2, 0.25) is 0 Å². The zero-order valence-corrected chi connectivity index (χ0v) is 11.5. The number of hydrogen-bond donors (Lipinski definition) is 3. The lowest BCUT2D eigenvalue weighted by molar-refractivity contribution is 0.0506. The summed E-state index contributed by atoms with van der Waals surface area (Å²) in [5, 5.41) is 19.5. The van der Waals surface area contributed by atoms with E-state index in [4.69, 9.17) is 4.52 Å². The molecule has 6 nitrogen and oxygen atoms in total. The van der Waals surface area contributed by atoms with E-state index in [1.165, 1.54) is 0 Å². The highest BCUT2D eigenvalue weighted by molar-refractivity contribution is 5.90. The molecule has 2 rings (SSSR count). The van der Waals surface area contributed by atoms with Crippen molar-refractivity contribution in [1.82, 2.24) is 10.5 Å². The molecule has 0 atom stereocenters. The second kappa shape index (κ2) is 5.61. The van der Waals surface area contributed by atoms with Crippen molar-refractivity contribution in [2.75, 3.05) is 11.9 Å². The van der Waals surface area contributed by atoms with E-state index in [-0.39, 0.29) is 12.6 Å². The van der Waals surface area contributed by atoms with Crippen molar-refractivity contribution in [2.45, 2.75) is 51.6 Å². The Labute approximate surface area is 112 Å². The normalized spacial score (nSPS) is 17.4. The summed E-state index contributed by atoms with van der Waals surface area (Å²) < 4.78 is 5.04. The van der Waals surface area contributed by atoms with Crippen LogP contribution in [-0.4, -0.2) is 28.4 Å². The maximum atomic E-state index is 11.8. The van der Waals surface area contributed by atoms with E-state index in [1.807, 2.05) is 6.92 Å². The number of amides is 2. The number of anilines is 1. The molecular weight excluding hydrogens is 246 g/mol. The van der Waals surface area contributed by atoms with Gasteiger partial charge in [-0.25, -0.2) is 4.79 Å². The Morgan fingerprint density at radius 2 is 2.16 bits per heavy atom. The van der Waals surface area contributed by atoms with Gasteiger partial charge < -0.3 is 20.3 Å². The average molecular weight is 267 g/mol.